The molecule has 0 radical (unpaired) electrons. The second-order valence-electron chi connectivity index (χ2n) is 6.96. The zero-order valence-corrected chi connectivity index (χ0v) is 15.1. The van der Waals surface area contributed by atoms with Gasteiger partial charge < -0.3 is 10.1 Å². The number of aryl methyl sites for hydroxylation is 1. The van der Waals surface area contributed by atoms with E-state index in [0.717, 1.165) is 37.3 Å². The summed E-state index contributed by atoms with van der Waals surface area (Å²) in [5.74, 6) is 1.95. The van der Waals surface area contributed by atoms with Crippen molar-refractivity contribution >= 4 is 0 Å². The van der Waals surface area contributed by atoms with E-state index in [9.17, 15) is 0 Å². The molecule has 1 aliphatic carbocycles. The molecule has 2 atom stereocenters. The summed E-state index contributed by atoms with van der Waals surface area (Å²) >= 11 is 0. The molecule has 0 spiro atoms. The molecule has 6 heteroatoms. The van der Waals surface area contributed by atoms with Gasteiger partial charge >= 0.3 is 0 Å². The maximum Gasteiger partial charge on any atom is 0.140 e. The summed E-state index contributed by atoms with van der Waals surface area (Å²) in [6.45, 7) is 4.87. The molecule has 2 aliphatic rings. The van der Waals surface area contributed by atoms with E-state index >= 15 is 0 Å². The number of benzene rings is 1. The van der Waals surface area contributed by atoms with E-state index in [1.54, 1.807) is 13.4 Å². The summed E-state index contributed by atoms with van der Waals surface area (Å²) in [7, 11) is 1.74. The smallest absolute Gasteiger partial charge is 0.140 e. The topological polar surface area (TPSA) is 55.2 Å². The third-order valence-electron chi connectivity index (χ3n) is 5.41. The van der Waals surface area contributed by atoms with E-state index in [0.29, 0.717) is 12.1 Å². The number of hydrogen-bond acceptors (Lipinski definition) is 5. The van der Waals surface area contributed by atoms with Crippen LogP contribution in [0.1, 0.15) is 43.6 Å². The van der Waals surface area contributed by atoms with Crippen LogP contribution in [-0.4, -0.2) is 45.4 Å². The lowest BCUT2D eigenvalue weighted by atomic mass is 9.99. The third kappa shape index (κ3) is 3.41. The van der Waals surface area contributed by atoms with Crippen molar-refractivity contribution in [2.45, 2.75) is 57.4 Å². The molecule has 2 fully saturated rings. The van der Waals surface area contributed by atoms with Crippen LogP contribution in [0.25, 0.3) is 0 Å². The van der Waals surface area contributed by atoms with Crippen LogP contribution in [0.5, 0.6) is 5.75 Å². The monoisotopic (exact) mass is 341 g/mol. The van der Waals surface area contributed by atoms with E-state index in [4.69, 9.17) is 4.74 Å². The van der Waals surface area contributed by atoms with Crippen LogP contribution in [0.15, 0.2) is 30.6 Å². The second kappa shape index (κ2) is 7.14. The molecule has 2 heterocycles. The maximum atomic E-state index is 5.45. The van der Waals surface area contributed by atoms with Gasteiger partial charge in [0.1, 0.15) is 17.9 Å². The van der Waals surface area contributed by atoms with Gasteiger partial charge in [-0.05, 0) is 43.9 Å². The Morgan fingerprint density at radius 2 is 2.16 bits per heavy atom. The van der Waals surface area contributed by atoms with Gasteiger partial charge in [-0.15, -0.1) is 0 Å². The minimum absolute atomic E-state index is 0.403. The summed E-state index contributed by atoms with van der Waals surface area (Å²) in [4.78, 5) is 7.07. The van der Waals surface area contributed by atoms with Crippen LogP contribution in [0.3, 0.4) is 0 Å². The van der Waals surface area contributed by atoms with Crippen LogP contribution in [0.2, 0.25) is 0 Å². The first-order valence-electron chi connectivity index (χ1n) is 9.30. The van der Waals surface area contributed by atoms with Gasteiger partial charge in [-0.2, -0.15) is 5.10 Å². The Morgan fingerprint density at radius 1 is 1.28 bits per heavy atom. The highest BCUT2D eigenvalue weighted by atomic mass is 16.5. The molecule has 1 aromatic heterocycles. The van der Waals surface area contributed by atoms with Gasteiger partial charge in [-0.3, -0.25) is 4.90 Å². The Hall–Kier alpha value is -1.92. The average Bonchev–Trinajstić information content (AvgIpc) is 3.24. The Labute approximate surface area is 149 Å². The lowest BCUT2D eigenvalue weighted by Crippen LogP contribution is -2.37. The van der Waals surface area contributed by atoms with Crippen molar-refractivity contribution in [3.05, 3.63) is 42.0 Å². The molecular formula is C19H27N5O. The second-order valence-corrected chi connectivity index (χ2v) is 6.96. The minimum atomic E-state index is 0.403. The maximum absolute atomic E-state index is 5.45. The van der Waals surface area contributed by atoms with E-state index in [1.165, 1.54) is 24.8 Å². The number of nitrogens with one attached hydrogen (secondary N) is 1. The Morgan fingerprint density at radius 3 is 2.92 bits per heavy atom. The van der Waals surface area contributed by atoms with Crippen molar-refractivity contribution < 1.29 is 4.74 Å². The van der Waals surface area contributed by atoms with E-state index in [1.807, 2.05) is 10.7 Å². The molecule has 2 aromatic rings. The van der Waals surface area contributed by atoms with Gasteiger partial charge in [0.25, 0.3) is 0 Å². The number of hydrogen-bond donors (Lipinski definition) is 1. The van der Waals surface area contributed by atoms with Gasteiger partial charge in [0.15, 0.2) is 0 Å². The van der Waals surface area contributed by atoms with Crippen LogP contribution < -0.4 is 10.1 Å². The fourth-order valence-corrected chi connectivity index (χ4v) is 4.01. The zero-order chi connectivity index (χ0) is 17.2. The summed E-state index contributed by atoms with van der Waals surface area (Å²) in [5.41, 5.74) is 1.35. The first-order valence-corrected chi connectivity index (χ1v) is 9.30. The van der Waals surface area contributed by atoms with Gasteiger partial charge in [-0.25, -0.2) is 9.67 Å². The average molecular weight is 341 g/mol. The highest BCUT2D eigenvalue weighted by molar-refractivity contribution is 5.32. The van der Waals surface area contributed by atoms with Crippen LogP contribution in [0.4, 0.5) is 0 Å². The molecule has 134 valence electrons. The number of ether oxygens (including phenoxy) is 1. The molecule has 0 bridgehead atoms. The SMILES string of the molecule is CCn1ncnc1CN[C@@H]1CCN(C2CC2)[C@H]1c1cccc(OC)c1. The lowest BCUT2D eigenvalue weighted by Gasteiger charge is -2.29. The van der Waals surface area contributed by atoms with Crippen molar-refractivity contribution in [2.75, 3.05) is 13.7 Å². The molecule has 1 aromatic carbocycles. The van der Waals surface area contributed by atoms with Gasteiger partial charge in [0.05, 0.1) is 19.7 Å². The molecule has 0 amide bonds. The third-order valence-corrected chi connectivity index (χ3v) is 5.41. The number of likely N-dealkylation sites (tertiary alicyclic amines) is 1. The first kappa shape index (κ1) is 16.5. The van der Waals surface area contributed by atoms with Crippen molar-refractivity contribution in [2.24, 2.45) is 0 Å². The molecule has 1 saturated carbocycles. The predicted octanol–water partition coefficient (Wildman–Crippen LogP) is 2.37. The van der Waals surface area contributed by atoms with Gasteiger partial charge in [0, 0.05) is 25.2 Å². The summed E-state index contributed by atoms with van der Waals surface area (Å²) in [5, 5.41) is 8.02. The van der Waals surface area contributed by atoms with Crippen LogP contribution >= 0.6 is 0 Å². The Kier molecular flexibility index (Phi) is 4.72. The first-order chi connectivity index (χ1) is 12.3. The van der Waals surface area contributed by atoms with Crippen molar-refractivity contribution in [3.8, 4) is 5.75 Å². The summed E-state index contributed by atoms with van der Waals surface area (Å²) < 4.78 is 7.41. The molecule has 1 N–H and O–H groups in total. The largest absolute Gasteiger partial charge is 0.497 e. The Bertz CT molecular complexity index is 711. The Balaban J connectivity index is 1.53. The fourth-order valence-electron chi connectivity index (χ4n) is 4.01. The fraction of sp³-hybridized carbons (Fsp3) is 0.579. The quantitative estimate of drug-likeness (QED) is 0.838. The minimum Gasteiger partial charge on any atom is -0.497 e. The zero-order valence-electron chi connectivity index (χ0n) is 15.1. The molecule has 25 heavy (non-hydrogen) atoms. The molecule has 1 aliphatic heterocycles. The van der Waals surface area contributed by atoms with Crippen molar-refractivity contribution in [1.29, 1.82) is 0 Å². The van der Waals surface area contributed by atoms with Crippen molar-refractivity contribution in [1.82, 2.24) is 25.0 Å². The summed E-state index contributed by atoms with van der Waals surface area (Å²) in [6, 6.07) is 10.1. The molecule has 4 rings (SSSR count). The normalized spacial score (nSPS) is 23.9. The predicted molar refractivity (Wildman–Crippen MR) is 96.4 cm³/mol. The lowest BCUT2D eigenvalue weighted by molar-refractivity contribution is 0.225. The molecule has 0 unspecified atom stereocenters. The van der Waals surface area contributed by atoms with Crippen LogP contribution in [0, 0.1) is 0 Å². The molecule has 1 saturated heterocycles. The highest BCUT2D eigenvalue weighted by Gasteiger charge is 2.42. The van der Waals surface area contributed by atoms with Crippen molar-refractivity contribution in [3.63, 3.8) is 0 Å². The highest BCUT2D eigenvalue weighted by Crippen LogP contribution is 2.41. The standard InChI is InChI=1S/C19H27N5O/c1-3-24-18(21-13-22-24)12-20-17-9-10-23(15-7-8-15)19(17)14-5-4-6-16(11-14)25-2/h4-6,11,13,15,17,19-20H,3,7-10,12H2,1-2H3/t17-,19+/m1/s1. The van der Waals surface area contributed by atoms with E-state index < -0.39 is 0 Å². The van der Waals surface area contributed by atoms with E-state index in [2.05, 4.69) is 45.4 Å². The number of nitrogens with zero attached hydrogens (tertiary/aromatic N) is 4. The van der Waals surface area contributed by atoms with Crippen LogP contribution in [-0.2, 0) is 13.1 Å². The number of aromatic nitrogens is 3. The van der Waals surface area contributed by atoms with E-state index in [-0.39, 0.29) is 0 Å². The number of methoxy groups -OCH3 is 1. The van der Waals surface area contributed by atoms with Gasteiger partial charge in [-0.1, -0.05) is 12.1 Å². The molecular weight excluding hydrogens is 314 g/mol. The van der Waals surface area contributed by atoms with Gasteiger partial charge in [0.2, 0.25) is 0 Å². The summed E-state index contributed by atoms with van der Waals surface area (Å²) in [6.07, 6.45) is 5.47. The number of rotatable bonds is 7. The molecule has 6 nitrogen and oxygen atoms in total.